The Morgan fingerprint density at radius 2 is 2.11 bits per heavy atom. The van der Waals surface area contributed by atoms with Gasteiger partial charge in [0.05, 0.1) is 16.3 Å². The quantitative estimate of drug-likeness (QED) is 0.628. The molecule has 0 fully saturated rings. The van der Waals surface area contributed by atoms with Gasteiger partial charge >= 0.3 is 5.97 Å². The minimum Gasteiger partial charge on any atom is -0.449 e. The van der Waals surface area contributed by atoms with Gasteiger partial charge in [-0.2, -0.15) is 10.4 Å². The standard InChI is InChI=1S/C19H19ClN4O3/c1-11-16(12(2)24(4)23-11)7-8-18(25)27-13(3)19(26)22-15-6-5-14(10-21)17(20)9-15/h5-9,13H,1-4H3,(H,22,26)/b8-7+/t13-/m0/s1. The summed E-state index contributed by atoms with van der Waals surface area (Å²) in [5.74, 6) is -1.15. The molecule has 1 aromatic carbocycles. The van der Waals surface area contributed by atoms with E-state index in [9.17, 15) is 9.59 Å². The van der Waals surface area contributed by atoms with Crippen LogP contribution >= 0.6 is 11.6 Å². The number of anilines is 1. The summed E-state index contributed by atoms with van der Waals surface area (Å²) in [5, 5.41) is 15.9. The average Bonchev–Trinajstić information content (AvgIpc) is 2.85. The van der Waals surface area contributed by atoms with Crippen molar-refractivity contribution in [1.82, 2.24) is 9.78 Å². The molecule has 1 N–H and O–H groups in total. The zero-order chi connectivity index (χ0) is 20.1. The zero-order valence-corrected chi connectivity index (χ0v) is 16.2. The number of benzene rings is 1. The molecule has 0 radical (unpaired) electrons. The molecule has 0 saturated heterocycles. The van der Waals surface area contributed by atoms with Crippen molar-refractivity contribution in [3.05, 3.63) is 51.8 Å². The second kappa shape index (κ2) is 8.52. The molecule has 0 saturated carbocycles. The van der Waals surface area contributed by atoms with E-state index in [1.54, 1.807) is 16.8 Å². The number of aromatic nitrogens is 2. The lowest BCUT2D eigenvalue weighted by molar-refractivity contribution is -0.148. The van der Waals surface area contributed by atoms with Gasteiger partial charge in [0.1, 0.15) is 6.07 Å². The molecular formula is C19H19ClN4O3. The summed E-state index contributed by atoms with van der Waals surface area (Å²) in [4.78, 5) is 24.1. The first-order valence-corrected chi connectivity index (χ1v) is 8.50. The highest BCUT2D eigenvalue weighted by Gasteiger charge is 2.17. The topological polar surface area (TPSA) is 97.0 Å². The van der Waals surface area contributed by atoms with E-state index < -0.39 is 18.0 Å². The normalized spacial score (nSPS) is 11.9. The molecule has 0 unspecified atom stereocenters. The van der Waals surface area contributed by atoms with Crippen LogP contribution in [-0.4, -0.2) is 27.8 Å². The molecule has 2 aromatic rings. The second-order valence-electron chi connectivity index (χ2n) is 5.92. The number of amides is 1. The molecule has 27 heavy (non-hydrogen) atoms. The van der Waals surface area contributed by atoms with Gasteiger partial charge in [0.25, 0.3) is 5.91 Å². The third kappa shape index (κ3) is 4.96. The van der Waals surface area contributed by atoms with E-state index in [-0.39, 0.29) is 5.02 Å². The third-order valence-electron chi connectivity index (χ3n) is 3.97. The Bertz CT molecular complexity index is 957. The van der Waals surface area contributed by atoms with Gasteiger partial charge in [-0.15, -0.1) is 0 Å². The molecule has 1 atom stereocenters. The Morgan fingerprint density at radius 3 is 2.67 bits per heavy atom. The summed E-state index contributed by atoms with van der Waals surface area (Å²) in [5.41, 5.74) is 3.26. The molecule has 0 aliphatic carbocycles. The van der Waals surface area contributed by atoms with Gasteiger partial charge in [0, 0.05) is 30.1 Å². The largest absolute Gasteiger partial charge is 0.449 e. The lowest BCUT2D eigenvalue weighted by Gasteiger charge is -2.12. The predicted molar refractivity (Wildman–Crippen MR) is 102 cm³/mol. The van der Waals surface area contributed by atoms with Crippen LogP contribution in [0, 0.1) is 25.2 Å². The third-order valence-corrected chi connectivity index (χ3v) is 4.28. The number of rotatable bonds is 5. The van der Waals surface area contributed by atoms with Gasteiger partial charge in [-0.3, -0.25) is 9.48 Å². The Balaban J connectivity index is 1.97. The number of nitrogens with zero attached hydrogens (tertiary/aromatic N) is 3. The number of nitriles is 1. The first kappa shape index (κ1) is 20.2. The molecule has 7 nitrogen and oxygen atoms in total. The minimum absolute atomic E-state index is 0.227. The maximum absolute atomic E-state index is 12.2. The fourth-order valence-electron chi connectivity index (χ4n) is 2.38. The molecule has 140 valence electrons. The number of ether oxygens (including phenoxy) is 1. The van der Waals surface area contributed by atoms with Crippen LogP contribution in [0.25, 0.3) is 6.08 Å². The van der Waals surface area contributed by atoms with Crippen LogP contribution in [0.5, 0.6) is 0 Å². The number of carbonyl (C=O) groups excluding carboxylic acids is 2. The van der Waals surface area contributed by atoms with E-state index in [1.165, 1.54) is 25.1 Å². The first-order valence-electron chi connectivity index (χ1n) is 8.12. The van der Waals surface area contributed by atoms with Crippen molar-refractivity contribution in [2.75, 3.05) is 5.32 Å². The van der Waals surface area contributed by atoms with Crippen molar-refractivity contribution in [3.63, 3.8) is 0 Å². The lowest BCUT2D eigenvalue weighted by Crippen LogP contribution is -2.29. The average molecular weight is 387 g/mol. The van der Waals surface area contributed by atoms with Gasteiger partial charge in [0.2, 0.25) is 0 Å². The Morgan fingerprint density at radius 1 is 1.41 bits per heavy atom. The van der Waals surface area contributed by atoms with Crippen LogP contribution in [0.15, 0.2) is 24.3 Å². The van der Waals surface area contributed by atoms with E-state index in [2.05, 4.69) is 10.4 Å². The monoisotopic (exact) mass is 386 g/mol. The SMILES string of the molecule is Cc1nn(C)c(C)c1/C=C/C(=O)O[C@@H](C)C(=O)Nc1ccc(C#N)c(Cl)c1. The number of hydrogen-bond donors (Lipinski definition) is 1. The van der Waals surface area contributed by atoms with Gasteiger partial charge in [-0.05, 0) is 45.0 Å². The summed E-state index contributed by atoms with van der Waals surface area (Å²) in [7, 11) is 1.82. The molecule has 2 rings (SSSR count). The molecule has 1 aromatic heterocycles. The second-order valence-corrected chi connectivity index (χ2v) is 6.32. The van der Waals surface area contributed by atoms with Crippen molar-refractivity contribution >= 4 is 35.2 Å². The lowest BCUT2D eigenvalue weighted by atomic mass is 10.2. The van der Waals surface area contributed by atoms with Crippen molar-refractivity contribution in [1.29, 1.82) is 5.26 Å². The smallest absolute Gasteiger partial charge is 0.331 e. The van der Waals surface area contributed by atoms with Crippen molar-refractivity contribution in [2.45, 2.75) is 26.9 Å². The molecule has 0 aliphatic heterocycles. The van der Waals surface area contributed by atoms with E-state index in [4.69, 9.17) is 21.6 Å². The van der Waals surface area contributed by atoms with Crippen LogP contribution < -0.4 is 5.32 Å². The summed E-state index contributed by atoms with van der Waals surface area (Å²) in [6.45, 7) is 5.20. The van der Waals surface area contributed by atoms with E-state index in [0.717, 1.165) is 17.0 Å². The van der Waals surface area contributed by atoms with Crippen molar-refractivity contribution in [2.24, 2.45) is 7.05 Å². The highest BCUT2D eigenvalue weighted by Crippen LogP contribution is 2.20. The fraction of sp³-hybridized carbons (Fsp3) is 0.263. The molecule has 8 heteroatoms. The molecule has 0 spiro atoms. The molecule has 1 amide bonds. The minimum atomic E-state index is -1.01. The summed E-state index contributed by atoms with van der Waals surface area (Å²) < 4.78 is 6.84. The predicted octanol–water partition coefficient (Wildman–Crippen LogP) is 3.15. The van der Waals surface area contributed by atoms with Gasteiger partial charge in [-0.25, -0.2) is 4.79 Å². The number of hydrogen-bond acceptors (Lipinski definition) is 5. The highest BCUT2D eigenvalue weighted by molar-refractivity contribution is 6.32. The number of aryl methyl sites for hydroxylation is 2. The molecule has 0 aliphatic rings. The van der Waals surface area contributed by atoms with Gasteiger partial charge in [-0.1, -0.05) is 11.6 Å². The highest BCUT2D eigenvalue weighted by atomic mass is 35.5. The number of esters is 1. The Labute approximate surface area is 162 Å². The summed E-state index contributed by atoms with van der Waals surface area (Å²) in [6.07, 6.45) is 1.87. The van der Waals surface area contributed by atoms with Crippen molar-refractivity contribution in [3.8, 4) is 6.07 Å². The maximum atomic E-state index is 12.2. The number of nitrogens with one attached hydrogen (secondary N) is 1. The summed E-state index contributed by atoms with van der Waals surface area (Å²) >= 11 is 5.93. The van der Waals surface area contributed by atoms with Crippen molar-refractivity contribution < 1.29 is 14.3 Å². The fourth-order valence-corrected chi connectivity index (χ4v) is 2.60. The van der Waals surface area contributed by atoms with Crippen LogP contribution in [0.4, 0.5) is 5.69 Å². The van der Waals surface area contributed by atoms with E-state index in [1.807, 2.05) is 27.0 Å². The Hall–Kier alpha value is -3.11. The zero-order valence-electron chi connectivity index (χ0n) is 15.4. The number of halogens is 1. The number of carbonyl (C=O) groups is 2. The first-order chi connectivity index (χ1) is 12.7. The van der Waals surface area contributed by atoms with Crippen LogP contribution in [0.2, 0.25) is 5.02 Å². The van der Waals surface area contributed by atoms with Crippen LogP contribution in [0.3, 0.4) is 0 Å². The maximum Gasteiger partial charge on any atom is 0.331 e. The molecular weight excluding hydrogens is 368 g/mol. The molecule has 1 heterocycles. The van der Waals surface area contributed by atoms with Gasteiger partial charge in [0.15, 0.2) is 6.10 Å². The summed E-state index contributed by atoms with van der Waals surface area (Å²) in [6, 6.07) is 6.44. The van der Waals surface area contributed by atoms with E-state index >= 15 is 0 Å². The van der Waals surface area contributed by atoms with Crippen LogP contribution in [0.1, 0.15) is 29.4 Å². The molecule has 0 bridgehead atoms. The Kier molecular flexibility index (Phi) is 6.37. The van der Waals surface area contributed by atoms with Gasteiger partial charge < -0.3 is 10.1 Å². The van der Waals surface area contributed by atoms with E-state index in [0.29, 0.717) is 11.3 Å². The van der Waals surface area contributed by atoms with Crippen LogP contribution in [-0.2, 0) is 21.4 Å².